The Morgan fingerprint density at radius 2 is 1.89 bits per heavy atom. The summed E-state index contributed by atoms with van der Waals surface area (Å²) in [6.45, 7) is 3.10. The molecule has 6 heterocycles. The van der Waals surface area contributed by atoms with Gasteiger partial charge in [0.25, 0.3) is 0 Å². The first-order valence-corrected chi connectivity index (χ1v) is 11.2. The van der Waals surface area contributed by atoms with Crippen LogP contribution in [-0.4, -0.2) is 62.9 Å². The molecule has 5 aromatic rings. The van der Waals surface area contributed by atoms with Crippen LogP contribution in [0.15, 0.2) is 55.1 Å². The molecule has 0 aromatic carbocycles. The van der Waals surface area contributed by atoms with E-state index in [1.807, 2.05) is 24.4 Å². The molecule has 5 aromatic heterocycles. The van der Waals surface area contributed by atoms with E-state index in [0.717, 1.165) is 40.8 Å². The maximum absolute atomic E-state index is 14.1. The van der Waals surface area contributed by atoms with E-state index in [9.17, 15) is 4.39 Å². The van der Waals surface area contributed by atoms with Crippen LogP contribution in [0.3, 0.4) is 0 Å². The Morgan fingerprint density at radius 1 is 1.00 bits per heavy atom. The van der Waals surface area contributed by atoms with Crippen LogP contribution in [-0.2, 0) is 4.74 Å². The lowest BCUT2D eigenvalue weighted by Gasteiger charge is -2.28. The van der Waals surface area contributed by atoms with Crippen molar-refractivity contribution < 1.29 is 9.13 Å². The van der Waals surface area contributed by atoms with Gasteiger partial charge < -0.3 is 20.3 Å². The second-order valence-electron chi connectivity index (χ2n) is 8.07. The van der Waals surface area contributed by atoms with Gasteiger partial charge in [-0.2, -0.15) is 0 Å². The first kappa shape index (κ1) is 21.2. The predicted octanol–water partition coefficient (Wildman–Crippen LogP) is 3.50. The molecule has 0 saturated carbocycles. The minimum Gasteiger partial charge on any atom is -0.378 e. The highest BCUT2D eigenvalue weighted by atomic mass is 19.1. The van der Waals surface area contributed by atoms with Gasteiger partial charge >= 0.3 is 0 Å². The third kappa shape index (κ3) is 3.95. The summed E-state index contributed by atoms with van der Waals surface area (Å²) in [7, 11) is 1.80. The number of rotatable bonds is 5. The highest BCUT2D eigenvalue weighted by Gasteiger charge is 2.17. The summed E-state index contributed by atoms with van der Waals surface area (Å²) in [4.78, 5) is 20.0. The Kier molecular flexibility index (Phi) is 5.30. The number of halogens is 1. The molecule has 6 rings (SSSR count). The third-order valence-corrected chi connectivity index (χ3v) is 5.95. The minimum absolute atomic E-state index is 0.102. The molecule has 1 aliphatic heterocycles. The number of fused-ring (bicyclic) bond motifs is 2. The smallest absolute Gasteiger partial charge is 0.184 e. The Morgan fingerprint density at radius 3 is 2.71 bits per heavy atom. The molecule has 11 heteroatoms. The van der Waals surface area contributed by atoms with Crippen molar-refractivity contribution in [2.24, 2.45) is 0 Å². The highest BCUT2D eigenvalue weighted by molar-refractivity contribution is 6.01. The van der Waals surface area contributed by atoms with Crippen LogP contribution in [0.2, 0.25) is 0 Å². The first-order valence-electron chi connectivity index (χ1n) is 11.2. The van der Waals surface area contributed by atoms with Crippen molar-refractivity contribution in [2.45, 2.75) is 0 Å². The number of hydrogen-bond donors (Lipinski definition) is 2. The molecule has 2 N–H and O–H groups in total. The zero-order valence-electron chi connectivity index (χ0n) is 18.9. The van der Waals surface area contributed by atoms with Gasteiger partial charge in [0.05, 0.1) is 25.1 Å². The average molecular weight is 472 g/mol. The molecule has 0 amide bonds. The van der Waals surface area contributed by atoms with Gasteiger partial charge in [-0.15, -0.1) is 5.10 Å². The van der Waals surface area contributed by atoms with Crippen LogP contribution in [0, 0.1) is 5.82 Å². The van der Waals surface area contributed by atoms with E-state index in [2.05, 4.69) is 30.5 Å². The molecule has 0 radical (unpaired) electrons. The van der Waals surface area contributed by atoms with Crippen molar-refractivity contribution in [3.05, 3.63) is 60.9 Å². The second-order valence-corrected chi connectivity index (χ2v) is 8.07. The standard InChI is InChI=1S/C24H22FN9O/c1-26-22-17-12-28-20(30-24-19(25)3-2-6-27-24)11-16(17)18(13-29-22)23-31-21-5-4-15(14-34(21)32-23)33-7-9-35-10-8-33/h2-6,11-14H,7-10H2,1H3,(H,26,29)(H,27,28,30). The molecular weight excluding hydrogens is 449 g/mol. The molecule has 1 saturated heterocycles. The molecule has 0 unspecified atom stereocenters. The summed E-state index contributed by atoms with van der Waals surface area (Å²) in [5.41, 5.74) is 2.53. The van der Waals surface area contributed by atoms with E-state index in [1.165, 1.54) is 18.3 Å². The van der Waals surface area contributed by atoms with E-state index in [0.29, 0.717) is 30.7 Å². The Bertz CT molecular complexity index is 1530. The van der Waals surface area contributed by atoms with Gasteiger partial charge in [-0.05, 0) is 30.3 Å². The number of pyridine rings is 4. The van der Waals surface area contributed by atoms with Gasteiger partial charge in [0.15, 0.2) is 23.1 Å². The van der Waals surface area contributed by atoms with Crippen molar-refractivity contribution in [1.82, 2.24) is 29.5 Å². The largest absolute Gasteiger partial charge is 0.378 e. The summed E-state index contributed by atoms with van der Waals surface area (Å²) >= 11 is 0. The number of ether oxygens (including phenoxy) is 1. The van der Waals surface area contributed by atoms with Crippen LogP contribution in [0.1, 0.15) is 0 Å². The van der Waals surface area contributed by atoms with E-state index in [-0.39, 0.29) is 5.82 Å². The van der Waals surface area contributed by atoms with Gasteiger partial charge in [0.1, 0.15) is 11.6 Å². The van der Waals surface area contributed by atoms with Gasteiger partial charge in [0.2, 0.25) is 0 Å². The van der Waals surface area contributed by atoms with E-state index in [1.54, 1.807) is 24.0 Å². The molecular formula is C24H22FN9O. The number of anilines is 4. The number of morpholine rings is 1. The van der Waals surface area contributed by atoms with E-state index in [4.69, 9.17) is 14.8 Å². The third-order valence-electron chi connectivity index (χ3n) is 5.95. The Balaban J connectivity index is 1.43. The zero-order chi connectivity index (χ0) is 23.8. The van der Waals surface area contributed by atoms with Gasteiger partial charge in [-0.25, -0.2) is 28.8 Å². The average Bonchev–Trinajstić information content (AvgIpc) is 3.33. The fourth-order valence-corrected chi connectivity index (χ4v) is 4.17. The quantitative estimate of drug-likeness (QED) is 0.398. The summed E-state index contributed by atoms with van der Waals surface area (Å²) in [5, 5.41) is 12.4. The molecule has 1 fully saturated rings. The molecule has 0 bridgehead atoms. The monoisotopic (exact) mass is 471 g/mol. The zero-order valence-corrected chi connectivity index (χ0v) is 18.9. The highest BCUT2D eigenvalue weighted by Crippen LogP contribution is 2.32. The van der Waals surface area contributed by atoms with E-state index < -0.39 is 5.82 Å². The van der Waals surface area contributed by atoms with Crippen molar-refractivity contribution >= 4 is 39.6 Å². The minimum atomic E-state index is -0.460. The van der Waals surface area contributed by atoms with Crippen LogP contribution >= 0.6 is 0 Å². The molecule has 0 atom stereocenters. The van der Waals surface area contributed by atoms with Crippen molar-refractivity contribution in [3.63, 3.8) is 0 Å². The maximum atomic E-state index is 14.1. The summed E-state index contributed by atoms with van der Waals surface area (Å²) in [6, 6.07) is 8.71. The summed E-state index contributed by atoms with van der Waals surface area (Å²) in [5.74, 6) is 1.29. The molecule has 1 aliphatic rings. The summed E-state index contributed by atoms with van der Waals surface area (Å²) < 4.78 is 21.4. The van der Waals surface area contributed by atoms with Crippen LogP contribution < -0.4 is 15.5 Å². The molecule has 0 aliphatic carbocycles. The van der Waals surface area contributed by atoms with Gasteiger partial charge in [-0.1, -0.05) is 0 Å². The molecule has 0 spiro atoms. The number of aromatic nitrogens is 6. The van der Waals surface area contributed by atoms with Crippen LogP contribution in [0.25, 0.3) is 27.8 Å². The molecule has 176 valence electrons. The second kappa shape index (κ2) is 8.76. The number of nitrogens with one attached hydrogen (secondary N) is 2. The normalized spacial score (nSPS) is 13.9. The molecule has 35 heavy (non-hydrogen) atoms. The Labute approximate surface area is 199 Å². The first-order chi connectivity index (χ1) is 17.2. The molecule has 10 nitrogen and oxygen atoms in total. The SMILES string of the molecule is CNc1ncc(-c2nc3ccc(N4CCOCC4)cn3n2)c2cc(Nc3ncccc3F)ncc12. The lowest BCUT2D eigenvalue weighted by Crippen LogP contribution is -2.36. The fraction of sp³-hybridized carbons (Fsp3) is 0.208. The van der Waals surface area contributed by atoms with Gasteiger partial charge in [-0.3, -0.25) is 0 Å². The topological polar surface area (TPSA) is 105 Å². The van der Waals surface area contributed by atoms with Crippen molar-refractivity contribution in [1.29, 1.82) is 0 Å². The lowest BCUT2D eigenvalue weighted by molar-refractivity contribution is 0.122. The van der Waals surface area contributed by atoms with Gasteiger partial charge in [0, 0.05) is 55.1 Å². The maximum Gasteiger partial charge on any atom is 0.184 e. The van der Waals surface area contributed by atoms with Crippen molar-refractivity contribution in [2.75, 3.05) is 48.9 Å². The van der Waals surface area contributed by atoms with Crippen molar-refractivity contribution in [3.8, 4) is 11.4 Å². The van der Waals surface area contributed by atoms with E-state index >= 15 is 0 Å². The summed E-state index contributed by atoms with van der Waals surface area (Å²) in [6.07, 6.45) is 6.92. The lowest BCUT2D eigenvalue weighted by atomic mass is 10.1. The fourth-order valence-electron chi connectivity index (χ4n) is 4.17. The van der Waals surface area contributed by atoms with Crippen LogP contribution in [0.4, 0.5) is 27.5 Å². The van der Waals surface area contributed by atoms with Crippen LogP contribution in [0.5, 0.6) is 0 Å². The number of hydrogen-bond acceptors (Lipinski definition) is 9. The Hall–Kier alpha value is -4.38. The number of nitrogens with zero attached hydrogens (tertiary/aromatic N) is 7. The predicted molar refractivity (Wildman–Crippen MR) is 132 cm³/mol.